The summed E-state index contributed by atoms with van der Waals surface area (Å²) in [5.41, 5.74) is 2.03. The summed E-state index contributed by atoms with van der Waals surface area (Å²) >= 11 is 0. The number of para-hydroxylation sites is 2. The van der Waals surface area contributed by atoms with E-state index in [9.17, 15) is 4.79 Å². The van der Waals surface area contributed by atoms with Gasteiger partial charge in [0, 0.05) is 6.54 Å². The molecule has 114 valence electrons. The third-order valence-electron chi connectivity index (χ3n) is 3.62. The summed E-state index contributed by atoms with van der Waals surface area (Å²) in [6.45, 7) is 9.31. The highest BCUT2D eigenvalue weighted by Gasteiger charge is 2.30. The third-order valence-corrected chi connectivity index (χ3v) is 3.62. The molecule has 0 aliphatic carbocycles. The van der Waals surface area contributed by atoms with Crippen LogP contribution in [0.15, 0.2) is 24.3 Å². The van der Waals surface area contributed by atoms with E-state index in [1.165, 1.54) is 0 Å². The number of nitrogens with zero attached hydrogens (tertiary/aromatic N) is 2. The van der Waals surface area contributed by atoms with E-state index >= 15 is 0 Å². The molecule has 1 heterocycles. The molecule has 0 radical (unpaired) electrons. The zero-order valence-corrected chi connectivity index (χ0v) is 13.3. The number of fused-ring (bicyclic) bond motifs is 1. The van der Waals surface area contributed by atoms with Crippen LogP contribution in [0.25, 0.3) is 11.0 Å². The van der Waals surface area contributed by atoms with E-state index < -0.39 is 0 Å². The number of benzene rings is 1. The van der Waals surface area contributed by atoms with Crippen molar-refractivity contribution in [1.29, 1.82) is 0 Å². The number of carbonyl (C=O) groups excluding carboxylic acids is 1. The number of imidazole rings is 1. The lowest BCUT2D eigenvalue weighted by Gasteiger charge is -2.20. The van der Waals surface area contributed by atoms with Crippen molar-refractivity contribution in [1.82, 2.24) is 9.55 Å². The molecule has 1 unspecified atom stereocenters. The number of hydrogen-bond donors (Lipinski definition) is 0. The highest BCUT2D eigenvalue weighted by Crippen LogP contribution is 2.29. The van der Waals surface area contributed by atoms with Crippen molar-refractivity contribution >= 4 is 17.0 Å². The van der Waals surface area contributed by atoms with E-state index in [0.29, 0.717) is 6.61 Å². The van der Waals surface area contributed by atoms with Gasteiger partial charge < -0.3 is 9.30 Å². The van der Waals surface area contributed by atoms with Gasteiger partial charge in [-0.05, 0) is 31.4 Å². The van der Waals surface area contributed by atoms with Crippen molar-refractivity contribution in [3.05, 3.63) is 30.1 Å². The molecule has 0 fully saturated rings. The van der Waals surface area contributed by atoms with Gasteiger partial charge in [0.15, 0.2) is 0 Å². The van der Waals surface area contributed by atoms with Crippen LogP contribution in [-0.4, -0.2) is 22.1 Å². The average molecular weight is 288 g/mol. The minimum atomic E-state index is -0.316. The maximum atomic E-state index is 12.3. The van der Waals surface area contributed by atoms with Gasteiger partial charge in [0.05, 0.1) is 17.6 Å². The predicted molar refractivity (Wildman–Crippen MR) is 84.2 cm³/mol. The summed E-state index contributed by atoms with van der Waals surface area (Å²) < 4.78 is 7.42. The Morgan fingerprint density at radius 1 is 1.29 bits per heavy atom. The fraction of sp³-hybridized carbons (Fsp3) is 0.529. The van der Waals surface area contributed by atoms with Crippen LogP contribution in [0.2, 0.25) is 0 Å². The van der Waals surface area contributed by atoms with Gasteiger partial charge in [0.25, 0.3) is 0 Å². The molecule has 0 bridgehead atoms. The van der Waals surface area contributed by atoms with E-state index in [-0.39, 0.29) is 17.8 Å². The maximum Gasteiger partial charge on any atom is 0.316 e. The van der Waals surface area contributed by atoms with Gasteiger partial charge in [0.1, 0.15) is 11.7 Å². The van der Waals surface area contributed by atoms with Gasteiger partial charge in [0.2, 0.25) is 0 Å². The number of hydrogen-bond acceptors (Lipinski definition) is 3. The number of ether oxygens (including phenoxy) is 1. The van der Waals surface area contributed by atoms with Crippen molar-refractivity contribution < 1.29 is 9.53 Å². The number of esters is 1. The summed E-state index contributed by atoms with van der Waals surface area (Å²) in [7, 11) is 0. The smallest absolute Gasteiger partial charge is 0.316 e. The molecular weight excluding hydrogens is 264 g/mol. The molecule has 0 amide bonds. The Kier molecular flexibility index (Phi) is 4.99. The van der Waals surface area contributed by atoms with E-state index in [4.69, 9.17) is 9.72 Å². The highest BCUT2D eigenvalue weighted by atomic mass is 16.5. The first-order chi connectivity index (χ1) is 10.1. The first-order valence-corrected chi connectivity index (χ1v) is 7.71. The Balaban J connectivity index is 2.55. The lowest BCUT2D eigenvalue weighted by Crippen LogP contribution is -2.24. The van der Waals surface area contributed by atoms with Crippen LogP contribution in [0.4, 0.5) is 0 Å². The molecule has 4 heteroatoms. The largest absolute Gasteiger partial charge is 0.465 e. The summed E-state index contributed by atoms with van der Waals surface area (Å²) in [6.07, 6.45) is 1.00. The highest BCUT2D eigenvalue weighted by molar-refractivity contribution is 5.81. The van der Waals surface area contributed by atoms with Gasteiger partial charge in [-0.1, -0.05) is 32.9 Å². The van der Waals surface area contributed by atoms with Crippen LogP contribution < -0.4 is 0 Å². The number of aryl methyl sites for hydroxylation is 1. The molecule has 1 aromatic heterocycles. The summed E-state index contributed by atoms with van der Waals surface area (Å²) in [5, 5.41) is 0. The fourth-order valence-corrected chi connectivity index (χ4v) is 2.70. The molecule has 0 N–H and O–H groups in total. The molecule has 1 aromatic carbocycles. The van der Waals surface area contributed by atoms with E-state index in [0.717, 1.165) is 29.8 Å². The van der Waals surface area contributed by atoms with Crippen molar-refractivity contribution in [3.8, 4) is 0 Å². The molecule has 0 spiro atoms. The minimum absolute atomic E-state index is 0.150. The van der Waals surface area contributed by atoms with Crippen LogP contribution >= 0.6 is 0 Å². The van der Waals surface area contributed by atoms with Crippen molar-refractivity contribution in [3.63, 3.8) is 0 Å². The molecule has 0 saturated heterocycles. The van der Waals surface area contributed by atoms with E-state index in [1.54, 1.807) is 0 Å². The molecule has 2 rings (SSSR count). The zero-order valence-electron chi connectivity index (χ0n) is 13.3. The Morgan fingerprint density at radius 2 is 2.00 bits per heavy atom. The molecule has 1 atom stereocenters. The SMILES string of the molecule is CCCn1c(C(C(=O)OCC)C(C)C)nc2ccccc21. The van der Waals surface area contributed by atoms with Crippen LogP contribution in [0, 0.1) is 5.92 Å². The standard InChI is InChI=1S/C17H24N2O2/c1-5-11-19-14-10-8-7-9-13(14)18-16(19)15(12(3)4)17(20)21-6-2/h7-10,12,15H,5-6,11H2,1-4H3. The lowest BCUT2D eigenvalue weighted by atomic mass is 9.95. The Hall–Kier alpha value is -1.84. The average Bonchev–Trinajstić information content (AvgIpc) is 2.78. The first-order valence-electron chi connectivity index (χ1n) is 7.71. The quantitative estimate of drug-likeness (QED) is 0.760. The fourth-order valence-electron chi connectivity index (χ4n) is 2.70. The van der Waals surface area contributed by atoms with E-state index in [2.05, 4.69) is 17.6 Å². The Bertz CT molecular complexity index is 616. The monoisotopic (exact) mass is 288 g/mol. The molecule has 2 aromatic rings. The van der Waals surface area contributed by atoms with Crippen LogP contribution in [-0.2, 0) is 16.1 Å². The summed E-state index contributed by atoms with van der Waals surface area (Å²) in [4.78, 5) is 17.1. The minimum Gasteiger partial charge on any atom is -0.465 e. The topological polar surface area (TPSA) is 44.1 Å². The molecule has 0 saturated carbocycles. The van der Waals surface area contributed by atoms with Crippen LogP contribution in [0.3, 0.4) is 0 Å². The van der Waals surface area contributed by atoms with Crippen molar-refractivity contribution in [2.24, 2.45) is 5.92 Å². The van der Waals surface area contributed by atoms with Gasteiger partial charge in [-0.15, -0.1) is 0 Å². The van der Waals surface area contributed by atoms with Gasteiger partial charge in [-0.3, -0.25) is 4.79 Å². The summed E-state index contributed by atoms with van der Waals surface area (Å²) in [5.74, 6) is 0.479. The van der Waals surface area contributed by atoms with E-state index in [1.807, 2.05) is 39.0 Å². The molecule has 21 heavy (non-hydrogen) atoms. The number of rotatable bonds is 6. The molecule has 4 nitrogen and oxygen atoms in total. The van der Waals surface area contributed by atoms with Gasteiger partial charge >= 0.3 is 5.97 Å². The van der Waals surface area contributed by atoms with Crippen LogP contribution in [0.5, 0.6) is 0 Å². The van der Waals surface area contributed by atoms with Crippen molar-refractivity contribution in [2.45, 2.75) is 46.6 Å². The molecule has 0 aliphatic rings. The second kappa shape index (κ2) is 6.74. The molecular formula is C17H24N2O2. The van der Waals surface area contributed by atoms with Gasteiger partial charge in [-0.25, -0.2) is 4.98 Å². The normalized spacial score (nSPS) is 12.8. The number of aromatic nitrogens is 2. The van der Waals surface area contributed by atoms with Gasteiger partial charge in [-0.2, -0.15) is 0 Å². The second-order valence-corrected chi connectivity index (χ2v) is 5.58. The Morgan fingerprint density at radius 3 is 2.62 bits per heavy atom. The Labute approximate surface area is 126 Å². The van der Waals surface area contributed by atoms with Crippen molar-refractivity contribution in [2.75, 3.05) is 6.61 Å². The predicted octanol–water partition coefficient (Wildman–Crippen LogP) is 3.75. The second-order valence-electron chi connectivity index (χ2n) is 5.58. The third kappa shape index (κ3) is 3.09. The first kappa shape index (κ1) is 15.5. The maximum absolute atomic E-state index is 12.3. The number of carbonyl (C=O) groups is 1. The summed E-state index contributed by atoms with van der Waals surface area (Å²) in [6, 6.07) is 8.04. The van der Waals surface area contributed by atoms with Crippen LogP contribution in [0.1, 0.15) is 45.9 Å². The molecule has 0 aliphatic heterocycles. The lowest BCUT2D eigenvalue weighted by molar-refractivity contribution is -0.146. The zero-order chi connectivity index (χ0) is 15.4.